The number of nitrogens with one attached hydrogen (secondary N) is 1. The molecule has 3 rings (SSSR count). The Bertz CT molecular complexity index is 545. The molecule has 0 spiro atoms. The summed E-state index contributed by atoms with van der Waals surface area (Å²) in [6.45, 7) is 1.24. The number of benzene rings is 1. The van der Waals surface area contributed by atoms with Crippen LogP contribution in [0.3, 0.4) is 0 Å². The van der Waals surface area contributed by atoms with E-state index in [4.69, 9.17) is 4.74 Å². The molecule has 128 valence electrons. The van der Waals surface area contributed by atoms with Crippen LogP contribution in [0.25, 0.3) is 0 Å². The Labute approximate surface area is 136 Å². The third kappa shape index (κ3) is 3.58. The van der Waals surface area contributed by atoms with E-state index in [-0.39, 0.29) is 0 Å². The first-order valence-electron chi connectivity index (χ1n) is 8.28. The zero-order chi connectivity index (χ0) is 16.4. The third-order valence-corrected chi connectivity index (χ3v) is 5.03. The largest absolute Gasteiger partial charge is 0.435 e. The van der Waals surface area contributed by atoms with E-state index in [0.717, 1.165) is 51.0 Å². The summed E-state index contributed by atoms with van der Waals surface area (Å²) in [5.41, 5.74) is 3.33. The van der Waals surface area contributed by atoms with Crippen LogP contribution in [0.15, 0.2) is 12.1 Å². The predicted octanol–water partition coefficient (Wildman–Crippen LogP) is 2.12. The molecular formula is C17H25F2N3O. The summed E-state index contributed by atoms with van der Waals surface area (Å²) in [7, 11) is 4.09. The van der Waals surface area contributed by atoms with Gasteiger partial charge in [0.25, 0.3) is 0 Å². The van der Waals surface area contributed by atoms with Crippen LogP contribution in [0.5, 0.6) is 5.75 Å². The predicted molar refractivity (Wildman–Crippen MR) is 87.7 cm³/mol. The third-order valence-electron chi connectivity index (χ3n) is 5.03. The topological polar surface area (TPSA) is 27.7 Å². The number of hydrogen-bond donors (Lipinski definition) is 1. The van der Waals surface area contributed by atoms with E-state index in [1.807, 2.05) is 13.1 Å². The summed E-state index contributed by atoms with van der Waals surface area (Å²) < 4.78 is 30.1. The number of halogens is 2. The lowest BCUT2D eigenvalue weighted by molar-refractivity contribution is -0.0505. The number of hydrogen-bond acceptors (Lipinski definition) is 4. The minimum absolute atomic E-state index is 0.349. The van der Waals surface area contributed by atoms with Gasteiger partial charge in [-0.05, 0) is 56.6 Å². The molecule has 2 aliphatic rings. The lowest BCUT2D eigenvalue weighted by atomic mass is 9.86. The molecule has 1 heterocycles. The zero-order valence-corrected chi connectivity index (χ0v) is 13.8. The fraction of sp³-hybridized carbons (Fsp3) is 0.647. The molecule has 23 heavy (non-hydrogen) atoms. The summed E-state index contributed by atoms with van der Waals surface area (Å²) in [6.07, 6.45) is 2.60. The number of nitrogens with zero attached hydrogens (tertiary/aromatic N) is 2. The quantitative estimate of drug-likeness (QED) is 0.918. The number of anilines is 1. The first kappa shape index (κ1) is 16.5. The maximum atomic E-state index is 12.7. The van der Waals surface area contributed by atoms with E-state index in [0.29, 0.717) is 11.8 Å². The van der Waals surface area contributed by atoms with Crippen LogP contribution in [0.4, 0.5) is 14.5 Å². The van der Waals surface area contributed by atoms with Gasteiger partial charge in [0.2, 0.25) is 0 Å². The Kier molecular flexibility index (Phi) is 5.02. The second kappa shape index (κ2) is 7.01. The number of fused-ring (bicyclic) bond motifs is 1. The fourth-order valence-electron chi connectivity index (χ4n) is 3.62. The lowest BCUT2D eigenvalue weighted by Gasteiger charge is -2.37. The van der Waals surface area contributed by atoms with Gasteiger partial charge in [-0.1, -0.05) is 0 Å². The van der Waals surface area contributed by atoms with E-state index in [1.54, 1.807) is 6.07 Å². The molecule has 1 saturated heterocycles. The summed E-state index contributed by atoms with van der Waals surface area (Å²) in [5.74, 6) is 0.349. The van der Waals surface area contributed by atoms with E-state index in [1.165, 1.54) is 11.3 Å². The standard InChI is InChI=1S/C17H25F2N3O/c1-20-12-3-4-13-14(11-12)15(5-6-16(13)23-17(18)19)22-9-7-21(2)8-10-22/h5-6,12,17,20H,3-4,7-11H2,1-2H3. The van der Waals surface area contributed by atoms with Crippen LogP contribution in [-0.4, -0.2) is 57.8 Å². The first-order valence-corrected chi connectivity index (χ1v) is 8.28. The molecule has 1 atom stereocenters. The highest BCUT2D eigenvalue weighted by Gasteiger charge is 2.27. The minimum Gasteiger partial charge on any atom is -0.435 e. The summed E-state index contributed by atoms with van der Waals surface area (Å²) in [6, 6.07) is 4.08. The monoisotopic (exact) mass is 325 g/mol. The van der Waals surface area contributed by atoms with Crippen molar-refractivity contribution in [3.63, 3.8) is 0 Å². The molecule has 1 N–H and O–H groups in total. The average molecular weight is 325 g/mol. The van der Waals surface area contributed by atoms with Crippen molar-refractivity contribution in [1.29, 1.82) is 0 Å². The van der Waals surface area contributed by atoms with E-state index in [9.17, 15) is 8.78 Å². The Hall–Kier alpha value is -1.40. The highest BCUT2D eigenvalue weighted by molar-refractivity contribution is 5.62. The number of rotatable bonds is 4. The number of alkyl halides is 2. The molecule has 0 aromatic heterocycles. The van der Waals surface area contributed by atoms with E-state index in [2.05, 4.69) is 22.2 Å². The van der Waals surface area contributed by atoms with Gasteiger partial charge in [-0.15, -0.1) is 0 Å². The number of ether oxygens (including phenoxy) is 1. The van der Waals surface area contributed by atoms with Gasteiger partial charge in [-0.25, -0.2) is 0 Å². The zero-order valence-electron chi connectivity index (χ0n) is 13.8. The normalized spacial score (nSPS) is 22.3. The van der Waals surface area contributed by atoms with Crippen molar-refractivity contribution >= 4 is 5.69 Å². The van der Waals surface area contributed by atoms with Crippen LogP contribution in [-0.2, 0) is 12.8 Å². The lowest BCUT2D eigenvalue weighted by Crippen LogP contribution is -2.45. The molecule has 1 unspecified atom stereocenters. The fourth-order valence-corrected chi connectivity index (χ4v) is 3.62. The molecule has 1 aliphatic carbocycles. The van der Waals surface area contributed by atoms with Gasteiger partial charge in [0, 0.05) is 37.9 Å². The van der Waals surface area contributed by atoms with Crippen molar-refractivity contribution in [2.45, 2.75) is 31.9 Å². The van der Waals surface area contributed by atoms with Crippen molar-refractivity contribution in [3.8, 4) is 5.75 Å². The Balaban J connectivity index is 1.93. The van der Waals surface area contributed by atoms with Gasteiger partial charge in [-0.2, -0.15) is 8.78 Å². The van der Waals surface area contributed by atoms with Crippen LogP contribution in [0, 0.1) is 0 Å². The van der Waals surface area contributed by atoms with Crippen LogP contribution >= 0.6 is 0 Å². The van der Waals surface area contributed by atoms with Gasteiger partial charge in [-0.3, -0.25) is 0 Å². The number of likely N-dealkylation sites (N-methyl/N-ethyl adjacent to an activating group) is 2. The molecule has 1 fully saturated rings. The van der Waals surface area contributed by atoms with Gasteiger partial charge in [0.15, 0.2) is 0 Å². The van der Waals surface area contributed by atoms with Gasteiger partial charge in [0.05, 0.1) is 0 Å². The van der Waals surface area contributed by atoms with Crippen molar-refractivity contribution in [2.24, 2.45) is 0 Å². The second-order valence-electron chi connectivity index (χ2n) is 6.44. The van der Waals surface area contributed by atoms with Crippen LogP contribution in [0.1, 0.15) is 17.5 Å². The average Bonchev–Trinajstić information content (AvgIpc) is 2.55. The summed E-state index contributed by atoms with van der Waals surface area (Å²) in [4.78, 5) is 4.69. The highest BCUT2D eigenvalue weighted by atomic mass is 19.3. The van der Waals surface area contributed by atoms with Crippen molar-refractivity contribution in [2.75, 3.05) is 45.2 Å². The second-order valence-corrected chi connectivity index (χ2v) is 6.44. The number of piperazine rings is 1. The summed E-state index contributed by atoms with van der Waals surface area (Å²) >= 11 is 0. The molecule has 0 radical (unpaired) electrons. The maximum Gasteiger partial charge on any atom is 0.387 e. The molecule has 0 saturated carbocycles. The molecule has 1 aromatic carbocycles. The minimum atomic E-state index is -2.77. The SMILES string of the molecule is CNC1CCc2c(OC(F)F)ccc(N3CCN(C)CC3)c2C1. The van der Waals surface area contributed by atoms with Crippen LogP contribution in [0.2, 0.25) is 0 Å². The molecule has 1 aromatic rings. The van der Waals surface area contributed by atoms with E-state index >= 15 is 0 Å². The molecule has 0 amide bonds. The van der Waals surface area contributed by atoms with Gasteiger partial charge >= 0.3 is 6.61 Å². The van der Waals surface area contributed by atoms with Gasteiger partial charge in [0.1, 0.15) is 5.75 Å². The van der Waals surface area contributed by atoms with Crippen molar-refractivity contribution in [3.05, 3.63) is 23.3 Å². The molecular weight excluding hydrogens is 300 g/mol. The molecule has 1 aliphatic heterocycles. The first-order chi connectivity index (χ1) is 11.1. The maximum absolute atomic E-state index is 12.7. The Morgan fingerprint density at radius 1 is 1.17 bits per heavy atom. The molecule has 0 bridgehead atoms. The summed E-state index contributed by atoms with van der Waals surface area (Å²) in [5, 5.41) is 3.33. The van der Waals surface area contributed by atoms with Crippen molar-refractivity contribution < 1.29 is 13.5 Å². The Morgan fingerprint density at radius 3 is 2.57 bits per heavy atom. The smallest absolute Gasteiger partial charge is 0.387 e. The van der Waals surface area contributed by atoms with Crippen molar-refractivity contribution in [1.82, 2.24) is 10.2 Å². The van der Waals surface area contributed by atoms with Crippen LogP contribution < -0.4 is 15.0 Å². The Morgan fingerprint density at radius 2 is 1.91 bits per heavy atom. The molecule has 6 heteroatoms. The highest BCUT2D eigenvalue weighted by Crippen LogP contribution is 2.37. The van der Waals surface area contributed by atoms with Gasteiger partial charge < -0.3 is 19.9 Å². The molecule has 4 nitrogen and oxygen atoms in total. The van der Waals surface area contributed by atoms with E-state index < -0.39 is 6.61 Å².